The van der Waals surface area contributed by atoms with Crippen molar-refractivity contribution in [3.05, 3.63) is 123 Å². The number of halogens is 2. The van der Waals surface area contributed by atoms with Gasteiger partial charge in [0.05, 0.1) is 38.4 Å². The molecule has 1 aliphatic heterocycles. The number of hydrogen-bond donors (Lipinski definition) is 1. The molecule has 0 aliphatic carbocycles. The van der Waals surface area contributed by atoms with Gasteiger partial charge < -0.3 is 10.2 Å². The lowest BCUT2D eigenvalue weighted by Gasteiger charge is -2.24. The van der Waals surface area contributed by atoms with E-state index in [0.29, 0.717) is 36.7 Å². The summed E-state index contributed by atoms with van der Waals surface area (Å²) < 4.78 is 13.6. The Bertz CT molecular complexity index is 1520. The van der Waals surface area contributed by atoms with Crippen molar-refractivity contribution in [2.45, 2.75) is 22.9 Å². The number of nitrogens with one attached hydrogen (secondary N) is 1. The normalized spacial score (nSPS) is 14.6. The molecule has 0 radical (unpaired) electrons. The first-order valence-electron chi connectivity index (χ1n) is 11.1. The molecule has 1 heterocycles. The molecule has 2 amide bonds. The van der Waals surface area contributed by atoms with Crippen LogP contribution in [0.2, 0.25) is 10.0 Å². The minimum absolute atomic E-state index is 0.197. The zero-order valence-corrected chi connectivity index (χ0v) is 21.2. The number of fused-ring (bicyclic) bond motifs is 2. The van der Waals surface area contributed by atoms with Crippen LogP contribution in [0.15, 0.2) is 101 Å². The van der Waals surface area contributed by atoms with Gasteiger partial charge in [-0.1, -0.05) is 65.7 Å². The smallest absolute Gasteiger partial charge is 0.259 e. The molecule has 36 heavy (non-hydrogen) atoms. The number of rotatable bonds is 5. The third-order valence-electron chi connectivity index (χ3n) is 5.90. The molecule has 1 N–H and O–H groups in total. The number of anilines is 1. The number of nitrogens with zero attached hydrogens (tertiary/aromatic N) is 1. The van der Waals surface area contributed by atoms with Crippen molar-refractivity contribution in [3.63, 3.8) is 0 Å². The largest absolute Gasteiger partial charge is 0.348 e. The van der Waals surface area contributed by atoms with Gasteiger partial charge in [0.25, 0.3) is 11.8 Å². The average Bonchev–Trinajstić information content (AvgIpc) is 2.97. The van der Waals surface area contributed by atoms with Gasteiger partial charge in [0.1, 0.15) is 0 Å². The summed E-state index contributed by atoms with van der Waals surface area (Å²) >= 11 is 12.4. The van der Waals surface area contributed by atoms with E-state index in [-0.39, 0.29) is 24.9 Å². The molecule has 5 rings (SSSR count). The van der Waals surface area contributed by atoms with E-state index in [0.717, 1.165) is 11.1 Å². The Hall–Kier alpha value is -3.45. The Morgan fingerprint density at radius 2 is 1.64 bits per heavy atom. The average molecular weight is 535 g/mol. The SMILES string of the molecule is O=C(NCc1ccccc1Cl)c1ccc2c(c1)N(Cc1cccc(Cl)c1)C(=O)c1ccccc1[S@@]2=O. The molecule has 0 aromatic heterocycles. The predicted molar refractivity (Wildman–Crippen MR) is 142 cm³/mol. The monoisotopic (exact) mass is 534 g/mol. The van der Waals surface area contributed by atoms with Crippen molar-refractivity contribution in [2.75, 3.05) is 4.90 Å². The molecule has 0 fully saturated rings. The molecule has 180 valence electrons. The maximum Gasteiger partial charge on any atom is 0.259 e. The summed E-state index contributed by atoms with van der Waals surface area (Å²) in [4.78, 5) is 29.2. The Kier molecular flexibility index (Phi) is 6.92. The first-order chi connectivity index (χ1) is 17.4. The van der Waals surface area contributed by atoms with Crippen molar-refractivity contribution < 1.29 is 13.8 Å². The Morgan fingerprint density at radius 1 is 0.861 bits per heavy atom. The summed E-state index contributed by atoms with van der Waals surface area (Å²) in [6.07, 6.45) is 0. The standard InChI is InChI=1S/C28H20Cl2N2O3S/c29-21-8-5-6-18(14-21)17-32-24-15-19(27(33)31-16-20-7-1-3-10-23(20)30)12-13-26(24)36(35)25-11-4-2-9-22(25)28(32)34/h1-15H,16-17H2,(H,31,33)/t36-/m0/s1. The maximum absolute atomic E-state index is 13.7. The fourth-order valence-electron chi connectivity index (χ4n) is 4.10. The molecule has 8 heteroatoms. The molecular formula is C28H20Cl2N2O3S. The van der Waals surface area contributed by atoms with E-state index in [4.69, 9.17) is 23.2 Å². The van der Waals surface area contributed by atoms with Crippen LogP contribution in [-0.4, -0.2) is 16.0 Å². The summed E-state index contributed by atoms with van der Waals surface area (Å²) in [5, 5.41) is 3.98. The molecule has 5 nitrogen and oxygen atoms in total. The number of hydrogen-bond acceptors (Lipinski definition) is 3. The van der Waals surface area contributed by atoms with Gasteiger partial charge in [-0.15, -0.1) is 0 Å². The van der Waals surface area contributed by atoms with E-state index in [9.17, 15) is 13.8 Å². The minimum Gasteiger partial charge on any atom is -0.348 e. The van der Waals surface area contributed by atoms with Gasteiger partial charge in [-0.05, 0) is 59.7 Å². The fraction of sp³-hybridized carbons (Fsp3) is 0.0714. The van der Waals surface area contributed by atoms with Crippen molar-refractivity contribution in [2.24, 2.45) is 0 Å². The molecule has 0 bridgehead atoms. The molecule has 4 aromatic carbocycles. The number of amides is 2. The highest BCUT2D eigenvalue weighted by Crippen LogP contribution is 2.36. The zero-order chi connectivity index (χ0) is 25.2. The lowest BCUT2D eigenvalue weighted by atomic mass is 10.1. The van der Waals surface area contributed by atoms with Crippen LogP contribution in [0, 0.1) is 0 Å². The van der Waals surface area contributed by atoms with Gasteiger partial charge in [-0.25, -0.2) is 4.21 Å². The number of carbonyl (C=O) groups is 2. The summed E-state index contributed by atoms with van der Waals surface area (Å²) in [5.74, 6) is -0.633. The van der Waals surface area contributed by atoms with E-state index < -0.39 is 10.8 Å². The Balaban J connectivity index is 1.54. The van der Waals surface area contributed by atoms with E-state index >= 15 is 0 Å². The van der Waals surface area contributed by atoms with E-state index in [2.05, 4.69) is 5.32 Å². The van der Waals surface area contributed by atoms with Crippen LogP contribution in [0.25, 0.3) is 0 Å². The molecule has 0 spiro atoms. The highest BCUT2D eigenvalue weighted by atomic mass is 35.5. The van der Waals surface area contributed by atoms with Crippen LogP contribution < -0.4 is 10.2 Å². The third-order valence-corrected chi connectivity index (χ3v) is 8.00. The summed E-state index contributed by atoms with van der Waals surface area (Å²) in [6, 6.07) is 26.2. The summed E-state index contributed by atoms with van der Waals surface area (Å²) in [7, 11) is -1.61. The van der Waals surface area contributed by atoms with Crippen molar-refractivity contribution >= 4 is 51.5 Å². The van der Waals surface area contributed by atoms with E-state index in [1.54, 1.807) is 65.6 Å². The first kappa shape index (κ1) is 24.3. The molecule has 0 unspecified atom stereocenters. The van der Waals surface area contributed by atoms with Crippen LogP contribution >= 0.6 is 23.2 Å². The van der Waals surface area contributed by atoms with Gasteiger partial charge in [-0.3, -0.25) is 9.59 Å². The van der Waals surface area contributed by atoms with Crippen LogP contribution in [0.1, 0.15) is 31.8 Å². The molecule has 1 aliphatic rings. The van der Waals surface area contributed by atoms with E-state index in [1.165, 1.54) is 0 Å². The molecular weight excluding hydrogens is 515 g/mol. The van der Waals surface area contributed by atoms with Gasteiger partial charge in [-0.2, -0.15) is 0 Å². The van der Waals surface area contributed by atoms with E-state index in [1.807, 2.05) is 30.3 Å². The van der Waals surface area contributed by atoms with Gasteiger partial charge in [0.2, 0.25) is 0 Å². The van der Waals surface area contributed by atoms with Gasteiger partial charge in [0, 0.05) is 22.2 Å². The Labute approximate surface area is 221 Å². The third kappa shape index (κ3) is 4.80. The van der Waals surface area contributed by atoms with Gasteiger partial charge >= 0.3 is 0 Å². The minimum atomic E-state index is -1.61. The zero-order valence-electron chi connectivity index (χ0n) is 18.9. The highest BCUT2D eigenvalue weighted by molar-refractivity contribution is 7.85. The van der Waals surface area contributed by atoms with Crippen LogP contribution in [0.3, 0.4) is 0 Å². The van der Waals surface area contributed by atoms with Crippen molar-refractivity contribution in [1.29, 1.82) is 0 Å². The van der Waals surface area contributed by atoms with Crippen LogP contribution in [-0.2, 0) is 23.9 Å². The number of benzene rings is 4. The van der Waals surface area contributed by atoms with Crippen molar-refractivity contribution in [1.82, 2.24) is 5.32 Å². The fourth-order valence-corrected chi connectivity index (χ4v) is 5.86. The topological polar surface area (TPSA) is 66.5 Å². The Morgan fingerprint density at radius 3 is 2.44 bits per heavy atom. The second-order valence-electron chi connectivity index (χ2n) is 8.24. The maximum atomic E-state index is 13.7. The van der Waals surface area contributed by atoms with Crippen molar-refractivity contribution in [3.8, 4) is 0 Å². The number of carbonyl (C=O) groups excluding carboxylic acids is 2. The van der Waals surface area contributed by atoms with Crippen LogP contribution in [0.5, 0.6) is 0 Å². The lowest BCUT2D eigenvalue weighted by molar-refractivity contribution is 0.0947. The quantitative estimate of drug-likeness (QED) is 0.329. The molecule has 0 saturated carbocycles. The van der Waals surface area contributed by atoms with Crippen LogP contribution in [0.4, 0.5) is 5.69 Å². The summed E-state index contributed by atoms with van der Waals surface area (Å²) in [6.45, 7) is 0.445. The van der Waals surface area contributed by atoms with Gasteiger partial charge in [0.15, 0.2) is 0 Å². The molecule has 1 atom stereocenters. The second kappa shape index (κ2) is 10.3. The molecule has 4 aromatic rings. The second-order valence-corrected chi connectivity index (χ2v) is 10.5. The lowest BCUT2D eigenvalue weighted by Crippen LogP contribution is -2.31. The predicted octanol–water partition coefficient (Wildman–Crippen LogP) is 6.25. The highest BCUT2D eigenvalue weighted by Gasteiger charge is 2.31. The molecule has 0 saturated heterocycles. The first-order valence-corrected chi connectivity index (χ1v) is 13.1. The summed E-state index contributed by atoms with van der Waals surface area (Å²) in [5.41, 5.74) is 2.71.